The number of anilines is 1. The lowest BCUT2D eigenvalue weighted by Crippen LogP contribution is -2.34. The molecular weight excluding hydrogens is 340 g/mol. The number of methoxy groups -OCH3 is 1. The molecule has 0 saturated carbocycles. The minimum atomic E-state index is -0.303. The molecule has 1 atom stereocenters. The average molecular weight is 366 g/mol. The predicted molar refractivity (Wildman–Crippen MR) is 106 cm³/mol. The monoisotopic (exact) mass is 366 g/mol. The molecule has 2 aromatic rings. The summed E-state index contributed by atoms with van der Waals surface area (Å²) in [5.41, 5.74) is 4.25. The molecule has 0 spiro atoms. The van der Waals surface area contributed by atoms with Crippen molar-refractivity contribution in [2.75, 3.05) is 25.1 Å². The zero-order valence-corrected chi connectivity index (χ0v) is 16.1. The van der Waals surface area contributed by atoms with Gasteiger partial charge in [0.05, 0.1) is 13.0 Å². The third-order valence-electron chi connectivity index (χ3n) is 5.21. The fourth-order valence-electron chi connectivity index (χ4n) is 3.45. The SMILES string of the molecule is COc1cccc(CCNC(=O)C2CC(=O)N(c3cccc(C)c3C)C2)c1. The number of rotatable bonds is 6. The number of nitrogens with one attached hydrogen (secondary N) is 1. The first-order valence-electron chi connectivity index (χ1n) is 9.27. The maximum atomic E-state index is 12.5. The highest BCUT2D eigenvalue weighted by atomic mass is 16.5. The van der Waals surface area contributed by atoms with Gasteiger partial charge in [0.1, 0.15) is 5.75 Å². The normalized spacial score (nSPS) is 16.5. The zero-order chi connectivity index (χ0) is 19.4. The van der Waals surface area contributed by atoms with Gasteiger partial charge in [0.25, 0.3) is 0 Å². The highest BCUT2D eigenvalue weighted by Crippen LogP contribution is 2.29. The first-order valence-corrected chi connectivity index (χ1v) is 9.27. The summed E-state index contributed by atoms with van der Waals surface area (Å²) in [5, 5.41) is 2.97. The summed E-state index contributed by atoms with van der Waals surface area (Å²) in [6.45, 7) is 5.02. The zero-order valence-electron chi connectivity index (χ0n) is 16.1. The van der Waals surface area contributed by atoms with Gasteiger partial charge in [0.2, 0.25) is 11.8 Å². The molecule has 3 rings (SSSR count). The Kier molecular flexibility index (Phi) is 5.79. The molecule has 1 saturated heterocycles. The van der Waals surface area contributed by atoms with Crippen molar-refractivity contribution in [1.29, 1.82) is 0 Å². The molecule has 0 aromatic heterocycles. The summed E-state index contributed by atoms with van der Waals surface area (Å²) in [5.74, 6) is 0.461. The number of ether oxygens (including phenoxy) is 1. The lowest BCUT2D eigenvalue weighted by Gasteiger charge is -2.20. The van der Waals surface area contributed by atoms with Gasteiger partial charge in [0, 0.05) is 25.2 Å². The van der Waals surface area contributed by atoms with Crippen molar-refractivity contribution in [2.24, 2.45) is 5.92 Å². The number of carbonyl (C=O) groups is 2. The lowest BCUT2D eigenvalue weighted by molar-refractivity contribution is -0.126. The minimum Gasteiger partial charge on any atom is -0.497 e. The van der Waals surface area contributed by atoms with Crippen LogP contribution in [0, 0.1) is 19.8 Å². The molecule has 1 N–H and O–H groups in total. The molecule has 1 unspecified atom stereocenters. The Morgan fingerprint density at radius 1 is 1.22 bits per heavy atom. The van der Waals surface area contributed by atoms with Gasteiger partial charge in [-0.1, -0.05) is 24.3 Å². The summed E-state index contributed by atoms with van der Waals surface area (Å²) >= 11 is 0. The topological polar surface area (TPSA) is 58.6 Å². The Morgan fingerprint density at radius 2 is 2.00 bits per heavy atom. The molecule has 0 radical (unpaired) electrons. The number of aryl methyl sites for hydroxylation is 1. The summed E-state index contributed by atoms with van der Waals surface area (Å²) in [7, 11) is 1.64. The summed E-state index contributed by atoms with van der Waals surface area (Å²) in [4.78, 5) is 26.7. The Bertz CT molecular complexity index is 847. The number of hydrogen-bond donors (Lipinski definition) is 1. The van der Waals surface area contributed by atoms with Crippen LogP contribution in [0.1, 0.15) is 23.1 Å². The summed E-state index contributed by atoms with van der Waals surface area (Å²) in [6, 6.07) is 13.7. The van der Waals surface area contributed by atoms with Crippen molar-refractivity contribution in [3.05, 3.63) is 59.2 Å². The number of amides is 2. The van der Waals surface area contributed by atoms with E-state index in [1.54, 1.807) is 12.0 Å². The van der Waals surface area contributed by atoms with Crippen LogP contribution in [0.4, 0.5) is 5.69 Å². The third-order valence-corrected chi connectivity index (χ3v) is 5.21. The Balaban J connectivity index is 1.56. The minimum absolute atomic E-state index is 0.0108. The molecule has 0 bridgehead atoms. The van der Waals surface area contributed by atoms with Gasteiger partial charge in [-0.2, -0.15) is 0 Å². The Hall–Kier alpha value is -2.82. The first kappa shape index (κ1) is 19.0. The molecule has 5 nitrogen and oxygen atoms in total. The van der Waals surface area contributed by atoms with Crippen LogP contribution >= 0.6 is 0 Å². The van der Waals surface area contributed by atoms with E-state index in [2.05, 4.69) is 5.32 Å². The molecule has 27 heavy (non-hydrogen) atoms. The van der Waals surface area contributed by atoms with Crippen molar-refractivity contribution >= 4 is 17.5 Å². The maximum Gasteiger partial charge on any atom is 0.227 e. The van der Waals surface area contributed by atoms with Crippen molar-refractivity contribution in [3.63, 3.8) is 0 Å². The summed E-state index contributed by atoms with van der Waals surface area (Å²) < 4.78 is 5.22. The number of nitrogens with zero attached hydrogens (tertiary/aromatic N) is 1. The Morgan fingerprint density at radius 3 is 2.78 bits per heavy atom. The molecular formula is C22H26N2O3. The maximum absolute atomic E-state index is 12.5. The van der Waals surface area contributed by atoms with Gasteiger partial charge in [-0.05, 0) is 55.2 Å². The smallest absolute Gasteiger partial charge is 0.227 e. The average Bonchev–Trinajstić information content (AvgIpc) is 3.06. The third kappa shape index (κ3) is 4.30. The van der Waals surface area contributed by atoms with Crippen molar-refractivity contribution in [2.45, 2.75) is 26.7 Å². The summed E-state index contributed by atoms with van der Waals surface area (Å²) in [6.07, 6.45) is 0.989. The molecule has 2 aromatic carbocycles. The van der Waals surface area contributed by atoms with E-state index in [9.17, 15) is 9.59 Å². The van der Waals surface area contributed by atoms with Crippen molar-refractivity contribution < 1.29 is 14.3 Å². The second kappa shape index (κ2) is 8.25. The van der Waals surface area contributed by atoms with Crippen LogP contribution in [0.15, 0.2) is 42.5 Å². The van der Waals surface area contributed by atoms with Crippen LogP contribution in [0.2, 0.25) is 0 Å². The van der Waals surface area contributed by atoms with E-state index in [0.29, 0.717) is 13.1 Å². The van der Waals surface area contributed by atoms with Crippen LogP contribution < -0.4 is 15.0 Å². The molecule has 1 fully saturated rings. The van der Waals surface area contributed by atoms with Gasteiger partial charge in [-0.15, -0.1) is 0 Å². The van der Waals surface area contributed by atoms with Crippen LogP contribution in [-0.4, -0.2) is 32.0 Å². The largest absolute Gasteiger partial charge is 0.497 e. The molecule has 1 aliphatic rings. The van der Waals surface area contributed by atoms with Crippen molar-refractivity contribution in [3.8, 4) is 5.75 Å². The molecule has 1 heterocycles. The van der Waals surface area contributed by atoms with E-state index in [1.165, 1.54) is 0 Å². The van der Waals surface area contributed by atoms with Crippen LogP contribution in [-0.2, 0) is 16.0 Å². The highest BCUT2D eigenvalue weighted by Gasteiger charge is 2.35. The molecule has 1 aliphatic heterocycles. The number of benzene rings is 2. The molecule has 5 heteroatoms. The number of carbonyl (C=O) groups excluding carboxylic acids is 2. The molecule has 0 aliphatic carbocycles. The van der Waals surface area contributed by atoms with E-state index in [4.69, 9.17) is 4.74 Å². The predicted octanol–water partition coefficient (Wildman–Crippen LogP) is 3.02. The fourth-order valence-corrected chi connectivity index (χ4v) is 3.45. The fraction of sp³-hybridized carbons (Fsp3) is 0.364. The van der Waals surface area contributed by atoms with Gasteiger partial charge in [0.15, 0.2) is 0 Å². The van der Waals surface area contributed by atoms with Gasteiger partial charge in [-0.3, -0.25) is 9.59 Å². The highest BCUT2D eigenvalue weighted by molar-refractivity contribution is 6.00. The lowest BCUT2D eigenvalue weighted by atomic mass is 10.1. The van der Waals surface area contributed by atoms with E-state index >= 15 is 0 Å². The second-order valence-electron chi connectivity index (χ2n) is 7.02. The Labute approximate surface area is 160 Å². The van der Waals surface area contributed by atoms with Gasteiger partial charge in [-0.25, -0.2) is 0 Å². The second-order valence-corrected chi connectivity index (χ2v) is 7.02. The van der Waals surface area contributed by atoms with E-state index in [0.717, 1.165) is 34.5 Å². The van der Waals surface area contributed by atoms with E-state index in [-0.39, 0.29) is 24.2 Å². The van der Waals surface area contributed by atoms with Gasteiger partial charge >= 0.3 is 0 Å². The first-order chi connectivity index (χ1) is 13.0. The van der Waals surface area contributed by atoms with E-state index < -0.39 is 0 Å². The van der Waals surface area contributed by atoms with Crippen LogP contribution in [0.3, 0.4) is 0 Å². The number of hydrogen-bond acceptors (Lipinski definition) is 3. The van der Waals surface area contributed by atoms with E-state index in [1.807, 2.05) is 56.3 Å². The van der Waals surface area contributed by atoms with Gasteiger partial charge < -0.3 is 15.0 Å². The quantitative estimate of drug-likeness (QED) is 0.855. The van der Waals surface area contributed by atoms with Crippen LogP contribution in [0.5, 0.6) is 5.75 Å². The molecule has 2 amide bonds. The molecule has 142 valence electrons. The van der Waals surface area contributed by atoms with Crippen molar-refractivity contribution in [1.82, 2.24) is 5.32 Å². The standard InChI is InChI=1S/C22H26N2O3/c1-15-6-4-9-20(16(15)2)24-14-18(13-21(24)25)22(26)23-11-10-17-7-5-8-19(12-17)27-3/h4-9,12,18H,10-11,13-14H2,1-3H3,(H,23,26). The van der Waals surface area contributed by atoms with Crippen LogP contribution in [0.25, 0.3) is 0 Å².